The second kappa shape index (κ2) is 7.08. The predicted octanol–water partition coefficient (Wildman–Crippen LogP) is 1.74. The Morgan fingerprint density at radius 3 is 2.81 bits per heavy atom. The minimum atomic E-state index is -0.897. The van der Waals surface area contributed by atoms with E-state index in [1.807, 2.05) is 0 Å². The van der Waals surface area contributed by atoms with Gasteiger partial charge < -0.3 is 19.5 Å². The number of carbonyl (C=O) groups is 2. The Bertz CT molecular complexity index is 511. The van der Waals surface area contributed by atoms with E-state index in [2.05, 4.69) is 5.32 Å². The number of hydrogen-bond donors (Lipinski definition) is 1. The maximum Gasteiger partial charge on any atom is 0.336 e. The van der Waals surface area contributed by atoms with E-state index in [1.165, 1.54) is 14.0 Å². The molecule has 114 valence electrons. The molecule has 2 rings (SSSR count). The van der Waals surface area contributed by atoms with E-state index in [1.54, 1.807) is 24.3 Å². The van der Waals surface area contributed by atoms with E-state index in [-0.39, 0.29) is 0 Å². The summed E-state index contributed by atoms with van der Waals surface area (Å²) in [7, 11) is 1.52. The fourth-order valence-corrected chi connectivity index (χ4v) is 2.05. The standard InChI is InChI=1S/C15H19NO5/c1-10(21-15(18)13-8-5-9-20-13)14(17)16-11-6-3-4-7-12(11)19-2/h3-4,6-7,10,13H,5,8-9H2,1-2H3,(H,16,17)/t10-,13+/m0/s1. The fraction of sp³-hybridized carbons (Fsp3) is 0.467. The summed E-state index contributed by atoms with van der Waals surface area (Å²) in [4.78, 5) is 23.8. The SMILES string of the molecule is COc1ccccc1NC(=O)[C@H](C)OC(=O)[C@H]1CCCO1. The second-order valence-electron chi connectivity index (χ2n) is 4.77. The highest BCUT2D eigenvalue weighted by molar-refractivity contribution is 5.96. The first-order chi connectivity index (χ1) is 10.1. The third kappa shape index (κ3) is 3.95. The second-order valence-corrected chi connectivity index (χ2v) is 4.77. The van der Waals surface area contributed by atoms with Gasteiger partial charge in [0.1, 0.15) is 5.75 Å². The van der Waals surface area contributed by atoms with Gasteiger partial charge >= 0.3 is 5.97 Å². The number of anilines is 1. The molecule has 1 heterocycles. The van der Waals surface area contributed by atoms with Gasteiger partial charge in [-0.15, -0.1) is 0 Å². The maximum atomic E-state index is 12.0. The number of methoxy groups -OCH3 is 1. The number of para-hydroxylation sites is 2. The van der Waals surface area contributed by atoms with Crippen LogP contribution in [0.3, 0.4) is 0 Å². The average Bonchev–Trinajstić information content (AvgIpc) is 3.02. The maximum absolute atomic E-state index is 12.0. The highest BCUT2D eigenvalue weighted by atomic mass is 16.6. The van der Waals surface area contributed by atoms with E-state index in [9.17, 15) is 9.59 Å². The van der Waals surface area contributed by atoms with Crippen LogP contribution in [0.25, 0.3) is 0 Å². The molecule has 0 aromatic heterocycles. The van der Waals surface area contributed by atoms with Gasteiger partial charge in [-0.25, -0.2) is 4.79 Å². The van der Waals surface area contributed by atoms with Crippen molar-refractivity contribution in [3.8, 4) is 5.75 Å². The van der Waals surface area contributed by atoms with E-state index < -0.39 is 24.1 Å². The minimum absolute atomic E-state index is 0.411. The average molecular weight is 293 g/mol. The summed E-state index contributed by atoms with van der Waals surface area (Å²) in [6, 6.07) is 7.03. The van der Waals surface area contributed by atoms with E-state index in [0.29, 0.717) is 24.5 Å². The molecule has 0 saturated carbocycles. The zero-order valence-corrected chi connectivity index (χ0v) is 12.1. The van der Waals surface area contributed by atoms with Gasteiger partial charge in [0.2, 0.25) is 0 Å². The smallest absolute Gasteiger partial charge is 0.336 e. The van der Waals surface area contributed by atoms with Crippen molar-refractivity contribution in [2.24, 2.45) is 0 Å². The number of rotatable bonds is 5. The molecule has 0 bridgehead atoms. The molecule has 1 aliphatic rings. The number of ether oxygens (including phenoxy) is 3. The van der Waals surface area contributed by atoms with Crippen LogP contribution in [-0.2, 0) is 19.1 Å². The molecule has 1 aromatic carbocycles. The molecule has 1 N–H and O–H groups in total. The van der Waals surface area contributed by atoms with Crippen LogP contribution in [0, 0.1) is 0 Å². The Morgan fingerprint density at radius 1 is 1.38 bits per heavy atom. The molecule has 0 aliphatic carbocycles. The van der Waals surface area contributed by atoms with Gasteiger partial charge in [0.05, 0.1) is 12.8 Å². The van der Waals surface area contributed by atoms with E-state index in [4.69, 9.17) is 14.2 Å². The Morgan fingerprint density at radius 2 is 2.14 bits per heavy atom. The first-order valence-electron chi connectivity index (χ1n) is 6.88. The fourth-order valence-electron chi connectivity index (χ4n) is 2.05. The van der Waals surface area contributed by atoms with Crippen LogP contribution in [0.1, 0.15) is 19.8 Å². The summed E-state index contributed by atoms with van der Waals surface area (Å²) in [5.41, 5.74) is 0.532. The van der Waals surface area contributed by atoms with Crippen molar-refractivity contribution in [3.63, 3.8) is 0 Å². The minimum Gasteiger partial charge on any atom is -0.495 e. The van der Waals surface area contributed by atoms with E-state index >= 15 is 0 Å². The zero-order chi connectivity index (χ0) is 15.2. The highest BCUT2D eigenvalue weighted by Crippen LogP contribution is 2.23. The normalized spacial score (nSPS) is 18.9. The molecule has 6 heteroatoms. The van der Waals surface area contributed by atoms with Crippen molar-refractivity contribution < 1.29 is 23.8 Å². The Hall–Kier alpha value is -2.08. The molecule has 6 nitrogen and oxygen atoms in total. The number of nitrogens with one attached hydrogen (secondary N) is 1. The molecule has 1 aliphatic heterocycles. The summed E-state index contributed by atoms with van der Waals surface area (Å²) >= 11 is 0. The number of benzene rings is 1. The van der Waals surface area contributed by atoms with Crippen molar-refractivity contribution in [2.45, 2.75) is 32.0 Å². The molecule has 2 atom stereocenters. The molecule has 1 aromatic rings. The van der Waals surface area contributed by atoms with Crippen LogP contribution in [-0.4, -0.2) is 37.8 Å². The monoisotopic (exact) mass is 293 g/mol. The molecule has 0 unspecified atom stereocenters. The van der Waals surface area contributed by atoms with Crippen LogP contribution >= 0.6 is 0 Å². The first-order valence-corrected chi connectivity index (χ1v) is 6.88. The number of hydrogen-bond acceptors (Lipinski definition) is 5. The molecule has 1 saturated heterocycles. The summed E-state index contributed by atoms with van der Waals surface area (Å²) in [5.74, 6) is -0.357. The molecule has 21 heavy (non-hydrogen) atoms. The van der Waals surface area contributed by atoms with Crippen molar-refractivity contribution in [1.29, 1.82) is 0 Å². The summed E-state index contributed by atoms with van der Waals surface area (Å²) < 4.78 is 15.5. The lowest BCUT2D eigenvalue weighted by Crippen LogP contribution is -2.34. The summed E-state index contributed by atoms with van der Waals surface area (Å²) in [5, 5.41) is 2.68. The number of carbonyl (C=O) groups excluding carboxylic acids is 2. The van der Waals surface area contributed by atoms with Crippen molar-refractivity contribution in [2.75, 3.05) is 19.0 Å². The molecule has 1 fully saturated rings. The summed E-state index contributed by atoms with van der Waals surface area (Å²) in [6.45, 7) is 2.08. The molecule has 0 spiro atoms. The number of amides is 1. The number of esters is 1. The van der Waals surface area contributed by atoms with Crippen LogP contribution < -0.4 is 10.1 Å². The Labute approximate surface area is 123 Å². The quantitative estimate of drug-likeness (QED) is 0.837. The zero-order valence-electron chi connectivity index (χ0n) is 12.1. The van der Waals surface area contributed by atoms with Gasteiger partial charge in [0.15, 0.2) is 12.2 Å². The van der Waals surface area contributed by atoms with Crippen molar-refractivity contribution in [3.05, 3.63) is 24.3 Å². The van der Waals surface area contributed by atoms with Gasteiger partial charge in [-0.3, -0.25) is 4.79 Å². The predicted molar refractivity (Wildman–Crippen MR) is 76.2 cm³/mol. The molecular weight excluding hydrogens is 274 g/mol. The van der Waals surface area contributed by atoms with Crippen LogP contribution in [0.4, 0.5) is 5.69 Å². The summed E-state index contributed by atoms with van der Waals surface area (Å²) in [6.07, 6.45) is 0.0273. The highest BCUT2D eigenvalue weighted by Gasteiger charge is 2.28. The lowest BCUT2D eigenvalue weighted by atomic mass is 10.2. The molecular formula is C15H19NO5. The van der Waals surface area contributed by atoms with Gasteiger partial charge in [-0.2, -0.15) is 0 Å². The largest absolute Gasteiger partial charge is 0.495 e. The third-order valence-electron chi connectivity index (χ3n) is 3.22. The van der Waals surface area contributed by atoms with Crippen LogP contribution in [0.15, 0.2) is 24.3 Å². The van der Waals surface area contributed by atoms with Crippen LogP contribution in [0.5, 0.6) is 5.75 Å². The van der Waals surface area contributed by atoms with Crippen molar-refractivity contribution in [1.82, 2.24) is 0 Å². The lowest BCUT2D eigenvalue weighted by Gasteiger charge is -2.16. The van der Waals surface area contributed by atoms with Gasteiger partial charge in [0, 0.05) is 6.61 Å². The van der Waals surface area contributed by atoms with Gasteiger partial charge in [-0.1, -0.05) is 12.1 Å². The third-order valence-corrected chi connectivity index (χ3v) is 3.22. The van der Waals surface area contributed by atoms with Crippen LogP contribution in [0.2, 0.25) is 0 Å². The topological polar surface area (TPSA) is 73.9 Å². The first kappa shape index (κ1) is 15.3. The lowest BCUT2D eigenvalue weighted by molar-refractivity contribution is -0.162. The molecule has 1 amide bonds. The van der Waals surface area contributed by atoms with E-state index in [0.717, 1.165) is 6.42 Å². The molecule has 0 radical (unpaired) electrons. The van der Waals surface area contributed by atoms with Gasteiger partial charge in [0.25, 0.3) is 5.91 Å². The Balaban J connectivity index is 1.91. The van der Waals surface area contributed by atoms with Crippen molar-refractivity contribution >= 4 is 17.6 Å². The van der Waals surface area contributed by atoms with Gasteiger partial charge in [-0.05, 0) is 31.9 Å². The Kier molecular flexibility index (Phi) is 5.16.